The molecule has 0 fully saturated rings. The zero-order valence-corrected chi connectivity index (χ0v) is 15.0. The Morgan fingerprint density at radius 2 is 1.85 bits per heavy atom. The molecule has 0 saturated carbocycles. The smallest absolute Gasteiger partial charge is 0.319 e. The minimum absolute atomic E-state index is 0.287. The molecule has 0 spiro atoms. The van der Waals surface area contributed by atoms with Gasteiger partial charge in [0, 0.05) is 24.5 Å². The lowest BCUT2D eigenvalue weighted by Crippen LogP contribution is -2.28. The molecule has 0 radical (unpaired) electrons. The zero-order chi connectivity index (χ0) is 19.1. The summed E-state index contributed by atoms with van der Waals surface area (Å²) in [5, 5.41) is 5.89. The van der Waals surface area contributed by atoms with Crippen molar-refractivity contribution >= 4 is 23.3 Å². The van der Waals surface area contributed by atoms with Gasteiger partial charge in [-0.15, -0.1) is 0 Å². The molecule has 2 aromatic carbocycles. The molecule has 0 aliphatic rings. The number of hydrogen-bond acceptors (Lipinski definition) is 3. The molecule has 1 heterocycles. The van der Waals surface area contributed by atoms with E-state index in [1.54, 1.807) is 54.7 Å². The molecule has 0 unspecified atom stereocenters. The number of anilines is 1. The van der Waals surface area contributed by atoms with E-state index in [0.717, 1.165) is 11.1 Å². The molecule has 1 aromatic heterocycles. The van der Waals surface area contributed by atoms with Crippen molar-refractivity contribution in [2.45, 2.75) is 13.2 Å². The summed E-state index contributed by atoms with van der Waals surface area (Å²) < 4.78 is 18.6. The van der Waals surface area contributed by atoms with Gasteiger partial charge in [0.1, 0.15) is 23.3 Å². The average Bonchev–Trinajstić information content (AvgIpc) is 2.67. The van der Waals surface area contributed by atoms with Crippen LogP contribution in [0.15, 0.2) is 66.9 Å². The van der Waals surface area contributed by atoms with Crippen LogP contribution in [0.3, 0.4) is 0 Å². The zero-order valence-electron chi connectivity index (χ0n) is 14.3. The van der Waals surface area contributed by atoms with Crippen LogP contribution in [0.4, 0.5) is 14.9 Å². The molecule has 0 aliphatic carbocycles. The predicted octanol–water partition coefficient (Wildman–Crippen LogP) is 4.77. The van der Waals surface area contributed by atoms with Crippen LogP contribution < -0.4 is 15.4 Å². The van der Waals surface area contributed by atoms with Gasteiger partial charge in [-0.25, -0.2) is 14.2 Å². The Morgan fingerprint density at radius 1 is 1.07 bits per heavy atom. The Labute approximate surface area is 161 Å². The average molecular weight is 386 g/mol. The number of rotatable bonds is 6. The Hall–Kier alpha value is -3.12. The lowest BCUT2D eigenvalue weighted by Gasteiger charge is -2.10. The highest BCUT2D eigenvalue weighted by atomic mass is 35.5. The van der Waals surface area contributed by atoms with Crippen LogP contribution in [0.25, 0.3) is 0 Å². The van der Waals surface area contributed by atoms with E-state index in [9.17, 15) is 9.18 Å². The summed E-state index contributed by atoms with van der Waals surface area (Å²) in [5.41, 5.74) is 2.29. The van der Waals surface area contributed by atoms with Gasteiger partial charge in [-0.1, -0.05) is 35.9 Å². The lowest BCUT2D eigenvalue weighted by atomic mass is 10.2. The molecule has 7 heteroatoms. The molecule has 3 rings (SSSR count). The quantitative estimate of drug-likeness (QED) is 0.600. The molecule has 0 bridgehead atoms. The van der Waals surface area contributed by atoms with E-state index >= 15 is 0 Å². The molecule has 2 N–H and O–H groups in total. The van der Waals surface area contributed by atoms with Gasteiger partial charge in [0.2, 0.25) is 0 Å². The second kappa shape index (κ2) is 9.00. The fourth-order valence-corrected chi connectivity index (χ4v) is 2.39. The molecular formula is C20H17ClFN3O2. The first-order valence-electron chi connectivity index (χ1n) is 8.21. The fraction of sp³-hybridized carbons (Fsp3) is 0.100. The van der Waals surface area contributed by atoms with Crippen molar-refractivity contribution in [3.63, 3.8) is 0 Å². The molecule has 0 aliphatic heterocycles. The van der Waals surface area contributed by atoms with E-state index in [2.05, 4.69) is 15.6 Å². The highest BCUT2D eigenvalue weighted by Gasteiger charge is 2.04. The third-order valence-corrected chi connectivity index (χ3v) is 3.88. The number of carbonyl (C=O) groups is 1. The minimum atomic E-state index is -0.347. The van der Waals surface area contributed by atoms with Crippen molar-refractivity contribution in [3.05, 3.63) is 89.0 Å². The van der Waals surface area contributed by atoms with E-state index in [0.29, 0.717) is 29.7 Å². The van der Waals surface area contributed by atoms with Crippen LogP contribution in [0, 0.1) is 5.82 Å². The SMILES string of the molecule is O=C(NCc1ccc(Cl)nc1)Nc1cccc(OCc2ccc(F)cc2)c1. The summed E-state index contributed by atoms with van der Waals surface area (Å²) in [6, 6.07) is 16.2. The van der Waals surface area contributed by atoms with Crippen molar-refractivity contribution in [3.8, 4) is 5.75 Å². The predicted molar refractivity (Wildman–Crippen MR) is 102 cm³/mol. The van der Waals surface area contributed by atoms with Gasteiger partial charge in [-0.05, 0) is 41.5 Å². The van der Waals surface area contributed by atoms with E-state index in [-0.39, 0.29) is 11.8 Å². The van der Waals surface area contributed by atoms with Gasteiger partial charge in [-0.2, -0.15) is 0 Å². The van der Waals surface area contributed by atoms with Crippen molar-refractivity contribution in [2.24, 2.45) is 0 Å². The summed E-state index contributed by atoms with van der Waals surface area (Å²) in [6.07, 6.45) is 1.60. The van der Waals surface area contributed by atoms with Crippen LogP contribution in [-0.4, -0.2) is 11.0 Å². The lowest BCUT2D eigenvalue weighted by molar-refractivity contribution is 0.251. The van der Waals surface area contributed by atoms with Gasteiger partial charge < -0.3 is 15.4 Å². The van der Waals surface area contributed by atoms with E-state index in [1.807, 2.05) is 0 Å². The van der Waals surface area contributed by atoms with Gasteiger partial charge in [0.05, 0.1) is 0 Å². The first-order chi connectivity index (χ1) is 13.1. The maximum absolute atomic E-state index is 12.9. The summed E-state index contributed by atoms with van der Waals surface area (Å²) in [6.45, 7) is 0.635. The number of pyridine rings is 1. The molecule has 2 amide bonds. The third kappa shape index (κ3) is 5.97. The molecule has 138 valence electrons. The maximum atomic E-state index is 12.9. The molecule has 27 heavy (non-hydrogen) atoms. The van der Waals surface area contributed by atoms with Crippen molar-refractivity contribution in [1.82, 2.24) is 10.3 Å². The number of aromatic nitrogens is 1. The second-order valence-corrected chi connectivity index (χ2v) is 6.13. The number of hydrogen-bond donors (Lipinski definition) is 2. The van der Waals surface area contributed by atoms with Gasteiger partial charge in [0.15, 0.2) is 0 Å². The van der Waals surface area contributed by atoms with Crippen LogP contribution >= 0.6 is 11.6 Å². The largest absolute Gasteiger partial charge is 0.489 e. The van der Waals surface area contributed by atoms with Gasteiger partial charge in [-0.3, -0.25) is 0 Å². The number of nitrogens with zero attached hydrogens (tertiary/aromatic N) is 1. The number of benzene rings is 2. The Kier molecular flexibility index (Phi) is 6.22. The van der Waals surface area contributed by atoms with Crippen molar-refractivity contribution in [1.29, 1.82) is 0 Å². The third-order valence-electron chi connectivity index (χ3n) is 3.65. The van der Waals surface area contributed by atoms with E-state index in [1.165, 1.54) is 12.1 Å². The number of halogens is 2. The van der Waals surface area contributed by atoms with Crippen LogP contribution in [0.5, 0.6) is 5.75 Å². The molecular weight excluding hydrogens is 369 g/mol. The van der Waals surface area contributed by atoms with Gasteiger partial charge in [0.25, 0.3) is 0 Å². The normalized spacial score (nSPS) is 10.3. The Bertz CT molecular complexity index is 902. The molecule has 3 aromatic rings. The number of urea groups is 1. The monoisotopic (exact) mass is 385 g/mol. The summed E-state index contributed by atoms with van der Waals surface area (Å²) >= 11 is 5.73. The van der Waals surface area contributed by atoms with E-state index < -0.39 is 0 Å². The molecule has 0 atom stereocenters. The number of ether oxygens (including phenoxy) is 1. The number of carbonyl (C=O) groups excluding carboxylic acids is 1. The Morgan fingerprint density at radius 3 is 2.59 bits per heavy atom. The highest BCUT2D eigenvalue weighted by molar-refractivity contribution is 6.29. The number of nitrogens with one attached hydrogen (secondary N) is 2. The maximum Gasteiger partial charge on any atom is 0.319 e. The summed E-state index contributed by atoms with van der Waals surface area (Å²) in [5.74, 6) is 0.310. The standard InChI is InChI=1S/C20H17ClFN3O2/c21-19-9-6-15(11-23-19)12-24-20(26)25-17-2-1-3-18(10-17)27-13-14-4-7-16(22)8-5-14/h1-11H,12-13H2,(H2,24,25,26). The van der Waals surface area contributed by atoms with Gasteiger partial charge >= 0.3 is 6.03 Å². The number of amides is 2. The molecule has 0 saturated heterocycles. The molecule has 5 nitrogen and oxygen atoms in total. The van der Waals surface area contributed by atoms with E-state index in [4.69, 9.17) is 16.3 Å². The second-order valence-electron chi connectivity index (χ2n) is 5.74. The topological polar surface area (TPSA) is 63.2 Å². The summed E-state index contributed by atoms with van der Waals surface area (Å²) in [4.78, 5) is 16.0. The highest BCUT2D eigenvalue weighted by Crippen LogP contribution is 2.19. The van der Waals surface area contributed by atoms with Crippen molar-refractivity contribution < 1.29 is 13.9 Å². The fourth-order valence-electron chi connectivity index (χ4n) is 2.28. The summed E-state index contributed by atoms with van der Waals surface area (Å²) in [7, 11) is 0. The first kappa shape index (κ1) is 18.7. The van der Waals surface area contributed by atoms with Crippen LogP contribution in [0.1, 0.15) is 11.1 Å². The van der Waals surface area contributed by atoms with Crippen LogP contribution in [-0.2, 0) is 13.2 Å². The first-order valence-corrected chi connectivity index (χ1v) is 8.59. The van der Waals surface area contributed by atoms with Crippen molar-refractivity contribution in [2.75, 3.05) is 5.32 Å². The van der Waals surface area contributed by atoms with Crippen LogP contribution in [0.2, 0.25) is 5.15 Å². The minimum Gasteiger partial charge on any atom is -0.489 e. The Balaban J connectivity index is 1.51.